The number of methoxy groups -OCH3 is 1. The number of nitrogens with zero attached hydrogens (tertiary/aromatic N) is 1. The average Bonchev–Trinajstić information content (AvgIpc) is 2.68. The van der Waals surface area contributed by atoms with E-state index in [0.29, 0.717) is 12.1 Å². The molecule has 1 fully saturated rings. The third kappa shape index (κ3) is 2.54. The van der Waals surface area contributed by atoms with Crippen molar-refractivity contribution < 1.29 is 4.74 Å². The number of aryl methyl sites for hydroxylation is 1. The minimum Gasteiger partial charge on any atom is -0.381 e. The van der Waals surface area contributed by atoms with Crippen LogP contribution in [0, 0.1) is 12.3 Å². The molecule has 1 heterocycles. The molecule has 1 aromatic rings. The molecule has 17 heavy (non-hydrogen) atoms. The fourth-order valence-corrected chi connectivity index (χ4v) is 3.34. The summed E-state index contributed by atoms with van der Waals surface area (Å²) in [7, 11) is 1.81. The van der Waals surface area contributed by atoms with Gasteiger partial charge in [0.2, 0.25) is 0 Å². The van der Waals surface area contributed by atoms with Crippen LogP contribution in [-0.2, 0) is 11.2 Å². The number of hydrogen-bond donors (Lipinski definition) is 1. The molecule has 0 bridgehead atoms. The highest BCUT2D eigenvalue weighted by Gasteiger charge is 2.47. The first-order valence-electron chi connectivity index (χ1n) is 6.21. The summed E-state index contributed by atoms with van der Waals surface area (Å²) in [6, 6.07) is 0.584. The highest BCUT2D eigenvalue weighted by molar-refractivity contribution is 7.09. The van der Waals surface area contributed by atoms with Gasteiger partial charge < -0.3 is 10.1 Å². The SMILES string of the molecule is COC1CC(NCCc2scnc2C)C1(C)C. The standard InChI is InChI=1S/C13H22N2OS/c1-9-10(17-8-15-9)5-6-14-11-7-12(16-4)13(11,2)3/h8,11-12,14H,5-7H2,1-4H3. The molecule has 1 aliphatic rings. The monoisotopic (exact) mass is 254 g/mol. The van der Waals surface area contributed by atoms with Gasteiger partial charge in [-0.3, -0.25) is 0 Å². The van der Waals surface area contributed by atoms with Crippen LogP contribution >= 0.6 is 11.3 Å². The molecule has 1 aliphatic carbocycles. The topological polar surface area (TPSA) is 34.1 Å². The van der Waals surface area contributed by atoms with Gasteiger partial charge in [0.1, 0.15) is 0 Å². The molecule has 0 amide bonds. The zero-order valence-electron chi connectivity index (χ0n) is 11.1. The van der Waals surface area contributed by atoms with E-state index in [9.17, 15) is 0 Å². The van der Waals surface area contributed by atoms with E-state index in [1.54, 1.807) is 11.3 Å². The smallest absolute Gasteiger partial charge is 0.0797 e. The number of aromatic nitrogens is 1. The first kappa shape index (κ1) is 13.0. The normalized spacial score (nSPS) is 26.8. The molecule has 3 nitrogen and oxygen atoms in total. The van der Waals surface area contributed by atoms with Crippen molar-refractivity contribution >= 4 is 11.3 Å². The van der Waals surface area contributed by atoms with E-state index in [1.807, 2.05) is 12.6 Å². The lowest BCUT2D eigenvalue weighted by molar-refractivity contribution is -0.0971. The number of nitrogens with one attached hydrogen (secondary N) is 1. The van der Waals surface area contributed by atoms with Crippen LogP contribution in [0.25, 0.3) is 0 Å². The van der Waals surface area contributed by atoms with Crippen LogP contribution in [0.1, 0.15) is 30.8 Å². The Hall–Kier alpha value is -0.450. The van der Waals surface area contributed by atoms with E-state index in [-0.39, 0.29) is 5.41 Å². The number of hydrogen-bond acceptors (Lipinski definition) is 4. The number of ether oxygens (including phenoxy) is 1. The second-order valence-electron chi connectivity index (χ2n) is 5.40. The van der Waals surface area contributed by atoms with E-state index in [4.69, 9.17) is 4.74 Å². The van der Waals surface area contributed by atoms with Crippen molar-refractivity contribution in [3.8, 4) is 0 Å². The Balaban J connectivity index is 1.76. The minimum atomic E-state index is 0.261. The van der Waals surface area contributed by atoms with Crippen molar-refractivity contribution in [1.29, 1.82) is 0 Å². The molecule has 4 heteroatoms. The van der Waals surface area contributed by atoms with Crippen LogP contribution in [0.15, 0.2) is 5.51 Å². The van der Waals surface area contributed by atoms with Crippen molar-refractivity contribution in [1.82, 2.24) is 10.3 Å². The lowest BCUT2D eigenvalue weighted by Crippen LogP contribution is -2.60. The van der Waals surface area contributed by atoms with Gasteiger partial charge in [-0.1, -0.05) is 13.8 Å². The molecule has 2 unspecified atom stereocenters. The molecule has 1 aromatic heterocycles. The summed E-state index contributed by atoms with van der Waals surface area (Å²) in [5.74, 6) is 0. The summed E-state index contributed by atoms with van der Waals surface area (Å²) in [6.45, 7) is 7.67. The van der Waals surface area contributed by atoms with E-state index < -0.39 is 0 Å². The van der Waals surface area contributed by atoms with E-state index in [1.165, 1.54) is 10.6 Å². The molecular formula is C13H22N2OS. The fraction of sp³-hybridized carbons (Fsp3) is 0.769. The predicted octanol–water partition coefficient (Wildman–Crippen LogP) is 2.40. The van der Waals surface area contributed by atoms with Gasteiger partial charge >= 0.3 is 0 Å². The molecule has 2 rings (SSSR count). The average molecular weight is 254 g/mol. The molecule has 96 valence electrons. The second kappa shape index (κ2) is 5.04. The summed E-state index contributed by atoms with van der Waals surface area (Å²) < 4.78 is 5.46. The Bertz CT molecular complexity index is 375. The van der Waals surface area contributed by atoms with Crippen molar-refractivity contribution in [2.45, 2.75) is 45.8 Å². The molecule has 1 saturated carbocycles. The molecule has 0 spiro atoms. The molecule has 0 radical (unpaired) electrons. The van der Waals surface area contributed by atoms with Gasteiger partial charge in [0.15, 0.2) is 0 Å². The molecule has 2 atom stereocenters. The number of rotatable bonds is 5. The molecule has 0 aliphatic heterocycles. The molecule has 0 saturated heterocycles. The summed E-state index contributed by atoms with van der Waals surface area (Å²) in [6.07, 6.45) is 2.62. The third-order valence-electron chi connectivity index (χ3n) is 4.05. The van der Waals surface area contributed by atoms with Gasteiger partial charge in [0.25, 0.3) is 0 Å². The zero-order chi connectivity index (χ0) is 12.5. The Labute approximate surface area is 108 Å². The van der Waals surface area contributed by atoms with Gasteiger partial charge in [-0.25, -0.2) is 4.98 Å². The van der Waals surface area contributed by atoms with Gasteiger partial charge in [0, 0.05) is 30.0 Å². The van der Waals surface area contributed by atoms with Crippen LogP contribution in [0.3, 0.4) is 0 Å². The minimum absolute atomic E-state index is 0.261. The van der Waals surface area contributed by atoms with Crippen molar-refractivity contribution in [3.05, 3.63) is 16.1 Å². The lowest BCUT2D eigenvalue weighted by Gasteiger charge is -2.51. The Morgan fingerprint density at radius 3 is 2.88 bits per heavy atom. The molecular weight excluding hydrogens is 232 g/mol. The third-order valence-corrected chi connectivity index (χ3v) is 5.04. The van der Waals surface area contributed by atoms with Gasteiger partial charge in [-0.2, -0.15) is 0 Å². The summed E-state index contributed by atoms with van der Waals surface area (Å²) in [4.78, 5) is 5.67. The van der Waals surface area contributed by atoms with Gasteiger partial charge in [-0.05, 0) is 19.8 Å². The maximum atomic E-state index is 5.46. The second-order valence-corrected chi connectivity index (χ2v) is 6.34. The Morgan fingerprint density at radius 2 is 2.35 bits per heavy atom. The largest absolute Gasteiger partial charge is 0.381 e. The summed E-state index contributed by atoms with van der Waals surface area (Å²) >= 11 is 1.76. The highest BCUT2D eigenvalue weighted by atomic mass is 32.1. The van der Waals surface area contributed by atoms with E-state index in [2.05, 4.69) is 31.1 Å². The quantitative estimate of drug-likeness (QED) is 0.876. The van der Waals surface area contributed by atoms with Crippen LogP contribution in [0.5, 0.6) is 0 Å². The van der Waals surface area contributed by atoms with Crippen LogP contribution in [0.4, 0.5) is 0 Å². The highest BCUT2D eigenvalue weighted by Crippen LogP contribution is 2.42. The zero-order valence-corrected chi connectivity index (χ0v) is 11.9. The Morgan fingerprint density at radius 1 is 1.59 bits per heavy atom. The fourth-order valence-electron chi connectivity index (χ4n) is 2.56. The van der Waals surface area contributed by atoms with Gasteiger partial charge in [0.05, 0.1) is 17.3 Å². The van der Waals surface area contributed by atoms with Crippen molar-refractivity contribution in [2.24, 2.45) is 5.41 Å². The maximum Gasteiger partial charge on any atom is 0.0797 e. The van der Waals surface area contributed by atoms with E-state index in [0.717, 1.165) is 19.4 Å². The van der Waals surface area contributed by atoms with Crippen LogP contribution < -0.4 is 5.32 Å². The molecule has 0 aromatic carbocycles. The summed E-state index contributed by atoms with van der Waals surface area (Å²) in [5.41, 5.74) is 3.37. The number of thiazole rings is 1. The van der Waals surface area contributed by atoms with E-state index >= 15 is 0 Å². The van der Waals surface area contributed by atoms with Gasteiger partial charge in [-0.15, -0.1) is 11.3 Å². The predicted molar refractivity (Wildman–Crippen MR) is 71.5 cm³/mol. The van der Waals surface area contributed by atoms with Crippen LogP contribution in [-0.4, -0.2) is 30.8 Å². The van der Waals surface area contributed by atoms with Crippen molar-refractivity contribution in [2.75, 3.05) is 13.7 Å². The van der Waals surface area contributed by atoms with Crippen molar-refractivity contribution in [3.63, 3.8) is 0 Å². The lowest BCUT2D eigenvalue weighted by atomic mass is 9.64. The molecule has 1 N–H and O–H groups in total. The summed E-state index contributed by atoms with van der Waals surface area (Å²) in [5, 5.41) is 3.64. The maximum absolute atomic E-state index is 5.46. The first-order chi connectivity index (χ1) is 8.05. The van der Waals surface area contributed by atoms with Crippen LogP contribution in [0.2, 0.25) is 0 Å². The first-order valence-corrected chi connectivity index (χ1v) is 7.08. The Kier molecular flexibility index (Phi) is 3.85.